The second kappa shape index (κ2) is 8.73. The van der Waals surface area contributed by atoms with Crippen molar-refractivity contribution in [2.45, 2.75) is 45.1 Å². The highest BCUT2D eigenvalue weighted by atomic mass is 16.5. The van der Waals surface area contributed by atoms with Crippen molar-refractivity contribution in [2.75, 3.05) is 11.9 Å². The molecular weight excluding hydrogens is 396 g/mol. The highest BCUT2D eigenvalue weighted by Crippen LogP contribution is 2.43. The summed E-state index contributed by atoms with van der Waals surface area (Å²) in [4.78, 5) is 0. The molecule has 0 radical (unpaired) electrons. The van der Waals surface area contributed by atoms with Gasteiger partial charge in [-0.15, -0.1) is 0 Å². The second-order valence-corrected chi connectivity index (χ2v) is 9.28. The summed E-state index contributed by atoms with van der Waals surface area (Å²) in [6, 6.07) is 18.3. The number of nitrogens with one attached hydrogen (secondary N) is 1. The number of fused-ring (bicyclic) bond motifs is 1. The molecule has 1 saturated carbocycles. The van der Waals surface area contributed by atoms with Gasteiger partial charge in [-0.3, -0.25) is 0 Å². The minimum Gasteiger partial charge on any atom is -0.457 e. The number of nitrogens with two attached hydrogens (primary N) is 1. The minimum absolute atomic E-state index is 0.422. The van der Waals surface area contributed by atoms with E-state index in [2.05, 4.69) is 35.6 Å². The summed E-state index contributed by atoms with van der Waals surface area (Å²) >= 11 is 0. The number of anilines is 1. The molecule has 1 atom stereocenters. The molecule has 1 fully saturated rings. The lowest BCUT2D eigenvalue weighted by molar-refractivity contribution is 0.194. The lowest BCUT2D eigenvalue weighted by Crippen LogP contribution is -2.31. The fourth-order valence-corrected chi connectivity index (χ4v) is 5.22. The van der Waals surface area contributed by atoms with Gasteiger partial charge in [-0.05, 0) is 67.5 Å². The Morgan fingerprint density at radius 2 is 1.69 bits per heavy atom. The van der Waals surface area contributed by atoms with Crippen LogP contribution in [0.4, 0.5) is 5.82 Å². The van der Waals surface area contributed by atoms with Crippen LogP contribution < -0.4 is 15.8 Å². The van der Waals surface area contributed by atoms with E-state index >= 15 is 0 Å². The molecule has 1 unspecified atom stereocenters. The first kappa shape index (κ1) is 20.7. The summed E-state index contributed by atoms with van der Waals surface area (Å²) in [5.41, 5.74) is 9.67. The lowest BCUT2D eigenvalue weighted by atomic mass is 9.78. The van der Waals surface area contributed by atoms with Crippen LogP contribution in [0.1, 0.15) is 50.6 Å². The lowest BCUT2D eigenvalue weighted by Gasteiger charge is -2.36. The minimum atomic E-state index is 0.422. The van der Waals surface area contributed by atoms with Crippen molar-refractivity contribution in [3.63, 3.8) is 0 Å². The van der Waals surface area contributed by atoms with Gasteiger partial charge in [-0.1, -0.05) is 44.5 Å². The van der Waals surface area contributed by atoms with E-state index in [0.29, 0.717) is 17.7 Å². The average molecular weight is 429 g/mol. The number of rotatable bonds is 5. The summed E-state index contributed by atoms with van der Waals surface area (Å²) in [5.74, 6) is 4.16. The van der Waals surface area contributed by atoms with Gasteiger partial charge in [-0.2, -0.15) is 5.10 Å². The van der Waals surface area contributed by atoms with Crippen molar-refractivity contribution < 1.29 is 4.74 Å². The number of benzene rings is 2. The van der Waals surface area contributed by atoms with Gasteiger partial charge < -0.3 is 15.8 Å². The number of para-hydroxylation sites is 1. The first-order chi connectivity index (χ1) is 15.6. The van der Waals surface area contributed by atoms with Gasteiger partial charge >= 0.3 is 0 Å². The number of ether oxygens (including phenoxy) is 1. The molecule has 0 saturated heterocycles. The molecule has 1 aliphatic heterocycles. The number of hydrogen-bond acceptors (Lipinski definition) is 4. The van der Waals surface area contributed by atoms with Crippen molar-refractivity contribution in [3.8, 4) is 22.8 Å². The Hall–Kier alpha value is -3.21. The molecule has 3 N–H and O–H groups in total. The van der Waals surface area contributed by atoms with Gasteiger partial charge in [0.2, 0.25) is 0 Å². The Morgan fingerprint density at radius 3 is 2.38 bits per heavy atom. The van der Waals surface area contributed by atoms with Gasteiger partial charge in [0.25, 0.3) is 0 Å². The third-order valence-electron chi connectivity index (χ3n) is 6.99. The van der Waals surface area contributed by atoms with Gasteiger partial charge in [0.05, 0.1) is 11.6 Å². The smallest absolute Gasteiger partial charge is 0.134 e. The highest BCUT2D eigenvalue weighted by Gasteiger charge is 2.34. The normalized spacial score (nSPS) is 22.6. The SMILES string of the molecule is C=C(N)c1c(-c2ccc(Oc3ccccc3)cc2)nn2c1NCCC2C1CCC(C)CC1. The van der Waals surface area contributed by atoms with Crippen molar-refractivity contribution in [3.05, 3.63) is 66.7 Å². The molecule has 166 valence electrons. The Balaban J connectivity index is 1.46. The molecule has 2 aliphatic rings. The van der Waals surface area contributed by atoms with Crippen LogP contribution in [0.15, 0.2) is 61.2 Å². The van der Waals surface area contributed by atoms with Gasteiger partial charge in [0.1, 0.15) is 23.0 Å². The Bertz CT molecular complexity index is 1080. The van der Waals surface area contributed by atoms with E-state index in [9.17, 15) is 0 Å². The average Bonchev–Trinajstić information content (AvgIpc) is 3.21. The van der Waals surface area contributed by atoms with Crippen LogP contribution >= 0.6 is 0 Å². The van der Waals surface area contributed by atoms with E-state index in [1.807, 2.05) is 42.5 Å². The molecule has 0 bridgehead atoms. The molecule has 5 rings (SSSR count). The maximum Gasteiger partial charge on any atom is 0.134 e. The maximum absolute atomic E-state index is 6.28. The van der Waals surface area contributed by atoms with Crippen molar-refractivity contribution in [1.82, 2.24) is 9.78 Å². The predicted molar refractivity (Wildman–Crippen MR) is 131 cm³/mol. The van der Waals surface area contributed by atoms with Crippen molar-refractivity contribution in [2.24, 2.45) is 17.6 Å². The Labute approximate surface area is 190 Å². The van der Waals surface area contributed by atoms with Crippen molar-refractivity contribution in [1.29, 1.82) is 0 Å². The molecule has 5 heteroatoms. The van der Waals surface area contributed by atoms with Crippen LogP contribution in [0.3, 0.4) is 0 Å². The molecule has 2 aromatic carbocycles. The van der Waals surface area contributed by atoms with E-state index in [-0.39, 0.29) is 0 Å². The van der Waals surface area contributed by atoms with Gasteiger partial charge in [0.15, 0.2) is 0 Å². The Morgan fingerprint density at radius 1 is 1.00 bits per heavy atom. The zero-order chi connectivity index (χ0) is 22.1. The summed E-state index contributed by atoms with van der Waals surface area (Å²) in [6.45, 7) is 7.40. The van der Waals surface area contributed by atoms with Crippen LogP contribution in [0, 0.1) is 11.8 Å². The fraction of sp³-hybridized carbons (Fsp3) is 0.370. The van der Waals surface area contributed by atoms with E-state index in [1.54, 1.807) is 0 Å². The molecule has 0 amide bonds. The van der Waals surface area contributed by atoms with Crippen LogP contribution in [0.2, 0.25) is 0 Å². The van der Waals surface area contributed by atoms with E-state index in [1.165, 1.54) is 25.7 Å². The molecular formula is C27H32N4O. The summed E-state index contributed by atoms with van der Waals surface area (Å²) < 4.78 is 8.16. The second-order valence-electron chi connectivity index (χ2n) is 9.28. The van der Waals surface area contributed by atoms with Crippen molar-refractivity contribution >= 4 is 11.5 Å². The molecule has 0 spiro atoms. The zero-order valence-corrected chi connectivity index (χ0v) is 18.8. The predicted octanol–water partition coefficient (Wildman–Crippen LogP) is 6.45. The topological polar surface area (TPSA) is 65.1 Å². The summed E-state index contributed by atoms with van der Waals surface area (Å²) in [5, 5.41) is 8.66. The fourth-order valence-electron chi connectivity index (χ4n) is 5.22. The largest absolute Gasteiger partial charge is 0.457 e. The molecule has 32 heavy (non-hydrogen) atoms. The van der Waals surface area contributed by atoms with Crippen LogP contribution in [-0.2, 0) is 0 Å². The molecule has 1 aromatic heterocycles. The first-order valence-corrected chi connectivity index (χ1v) is 11.7. The number of aromatic nitrogens is 2. The van der Waals surface area contributed by atoms with E-state index in [0.717, 1.165) is 53.0 Å². The number of nitrogens with zero attached hydrogens (tertiary/aromatic N) is 2. The maximum atomic E-state index is 6.28. The van der Waals surface area contributed by atoms with Gasteiger partial charge in [0, 0.05) is 17.8 Å². The third kappa shape index (κ3) is 3.99. The van der Waals surface area contributed by atoms with Crippen LogP contribution in [-0.4, -0.2) is 16.3 Å². The number of hydrogen-bond donors (Lipinski definition) is 2. The molecule has 3 aromatic rings. The molecule has 1 aliphatic carbocycles. The molecule has 5 nitrogen and oxygen atoms in total. The third-order valence-corrected chi connectivity index (χ3v) is 6.99. The van der Waals surface area contributed by atoms with Crippen LogP contribution in [0.25, 0.3) is 17.0 Å². The van der Waals surface area contributed by atoms with E-state index < -0.39 is 0 Å². The summed E-state index contributed by atoms with van der Waals surface area (Å²) in [7, 11) is 0. The first-order valence-electron chi connectivity index (χ1n) is 11.7. The van der Waals surface area contributed by atoms with Crippen LogP contribution in [0.5, 0.6) is 11.5 Å². The zero-order valence-electron chi connectivity index (χ0n) is 18.8. The monoisotopic (exact) mass is 428 g/mol. The van der Waals surface area contributed by atoms with E-state index in [4.69, 9.17) is 15.6 Å². The highest BCUT2D eigenvalue weighted by molar-refractivity contribution is 5.84. The van der Waals surface area contributed by atoms with Gasteiger partial charge in [-0.25, -0.2) is 4.68 Å². The summed E-state index contributed by atoms with van der Waals surface area (Å²) in [6.07, 6.45) is 6.30. The quantitative estimate of drug-likeness (QED) is 0.490. The standard InChI is InChI=1S/C27H32N4O/c1-18-8-10-20(11-9-18)24-16-17-29-27-25(19(2)28)26(30-31(24)27)21-12-14-23(15-13-21)32-22-6-4-3-5-7-22/h3-7,12-15,18,20,24,29H,2,8-11,16-17,28H2,1H3. The Kier molecular flexibility index (Phi) is 5.64. The molecule has 2 heterocycles.